The number of carbonyl (C=O) groups is 2. The van der Waals surface area contributed by atoms with Gasteiger partial charge in [0.2, 0.25) is 5.91 Å². The van der Waals surface area contributed by atoms with Gasteiger partial charge in [-0.15, -0.1) is 0 Å². The molecule has 0 aliphatic carbocycles. The molecule has 0 saturated heterocycles. The standard InChI is InChI=1S/C19H19N3O2S/c1-11-4-9-16-17(10-11)22-19(21-16)25-13(3)18(24)20-15-7-5-14(6-8-15)12(2)23/h4-10,13H,1-3H3,(H,20,24)(H,21,22)/t13-/m1/s1. The molecule has 1 atom stereocenters. The summed E-state index contributed by atoms with van der Waals surface area (Å²) in [7, 11) is 0. The molecule has 1 aromatic heterocycles. The van der Waals surface area contributed by atoms with Crippen molar-refractivity contribution in [3.63, 3.8) is 0 Å². The molecular formula is C19H19N3O2S. The summed E-state index contributed by atoms with van der Waals surface area (Å²) >= 11 is 1.38. The Morgan fingerprint density at radius 3 is 2.56 bits per heavy atom. The Hall–Kier alpha value is -2.60. The average molecular weight is 353 g/mol. The molecule has 0 bridgehead atoms. The molecule has 25 heavy (non-hydrogen) atoms. The van der Waals surface area contributed by atoms with E-state index in [2.05, 4.69) is 15.3 Å². The molecule has 0 aliphatic rings. The van der Waals surface area contributed by atoms with Crippen molar-refractivity contribution in [1.82, 2.24) is 9.97 Å². The number of aromatic amines is 1. The van der Waals surface area contributed by atoms with Crippen LogP contribution >= 0.6 is 11.8 Å². The lowest BCUT2D eigenvalue weighted by Gasteiger charge is -2.10. The summed E-state index contributed by atoms with van der Waals surface area (Å²) < 4.78 is 0. The number of benzene rings is 2. The van der Waals surface area contributed by atoms with Crippen molar-refractivity contribution >= 4 is 40.2 Å². The molecule has 1 amide bonds. The van der Waals surface area contributed by atoms with Crippen LogP contribution in [0.15, 0.2) is 47.6 Å². The predicted molar refractivity (Wildman–Crippen MR) is 101 cm³/mol. The van der Waals surface area contributed by atoms with E-state index in [4.69, 9.17) is 0 Å². The van der Waals surface area contributed by atoms with E-state index in [1.807, 2.05) is 32.0 Å². The molecule has 128 valence electrons. The molecule has 2 aromatic carbocycles. The van der Waals surface area contributed by atoms with Crippen molar-refractivity contribution in [1.29, 1.82) is 0 Å². The SMILES string of the molecule is CC(=O)c1ccc(NC(=O)[C@@H](C)Sc2nc3ccc(C)cc3[nH]2)cc1. The summed E-state index contributed by atoms with van der Waals surface area (Å²) in [6.45, 7) is 5.38. The lowest BCUT2D eigenvalue weighted by Crippen LogP contribution is -2.22. The summed E-state index contributed by atoms with van der Waals surface area (Å²) in [6, 6.07) is 12.9. The molecule has 0 spiro atoms. The third-order valence-electron chi connectivity index (χ3n) is 3.83. The second-order valence-electron chi connectivity index (χ2n) is 5.95. The molecule has 2 N–H and O–H groups in total. The Morgan fingerprint density at radius 2 is 1.88 bits per heavy atom. The Labute approximate surface area is 150 Å². The van der Waals surface area contributed by atoms with Crippen molar-refractivity contribution in [3.8, 4) is 0 Å². The lowest BCUT2D eigenvalue weighted by atomic mass is 10.1. The highest BCUT2D eigenvalue weighted by Crippen LogP contribution is 2.25. The summed E-state index contributed by atoms with van der Waals surface area (Å²) in [6.07, 6.45) is 0. The van der Waals surface area contributed by atoms with E-state index in [0.29, 0.717) is 11.3 Å². The zero-order valence-corrected chi connectivity index (χ0v) is 15.1. The number of carbonyl (C=O) groups excluding carboxylic acids is 2. The first-order chi connectivity index (χ1) is 11.9. The minimum Gasteiger partial charge on any atom is -0.333 e. The van der Waals surface area contributed by atoms with Crippen molar-refractivity contribution < 1.29 is 9.59 Å². The Bertz CT molecular complexity index is 931. The Balaban J connectivity index is 1.66. The molecule has 6 heteroatoms. The minimum absolute atomic E-state index is 0.00178. The van der Waals surface area contributed by atoms with E-state index in [0.717, 1.165) is 21.8 Å². The monoisotopic (exact) mass is 353 g/mol. The largest absolute Gasteiger partial charge is 0.333 e. The Morgan fingerprint density at radius 1 is 1.16 bits per heavy atom. The second-order valence-corrected chi connectivity index (χ2v) is 7.27. The average Bonchev–Trinajstić information content (AvgIpc) is 2.96. The van der Waals surface area contributed by atoms with Crippen molar-refractivity contribution in [2.45, 2.75) is 31.2 Å². The molecular weight excluding hydrogens is 334 g/mol. The van der Waals surface area contributed by atoms with Crippen LogP contribution in [0.2, 0.25) is 0 Å². The van der Waals surface area contributed by atoms with Crippen molar-refractivity contribution in [2.24, 2.45) is 0 Å². The molecule has 0 aliphatic heterocycles. The summed E-state index contributed by atoms with van der Waals surface area (Å²) in [5.41, 5.74) is 4.31. The number of aryl methyl sites for hydroxylation is 1. The number of H-pyrrole nitrogens is 1. The number of thioether (sulfide) groups is 1. The number of rotatable bonds is 5. The van der Waals surface area contributed by atoms with Gasteiger partial charge in [0.25, 0.3) is 0 Å². The lowest BCUT2D eigenvalue weighted by molar-refractivity contribution is -0.115. The number of fused-ring (bicyclic) bond motifs is 1. The molecule has 5 nitrogen and oxygen atoms in total. The van der Waals surface area contributed by atoms with Gasteiger partial charge in [-0.05, 0) is 62.7 Å². The van der Waals surface area contributed by atoms with Crippen LogP contribution in [0.1, 0.15) is 29.8 Å². The smallest absolute Gasteiger partial charge is 0.237 e. The number of anilines is 1. The van der Waals surface area contributed by atoms with Gasteiger partial charge in [0.15, 0.2) is 10.9 Å². The van der Waals surface area contributed by atoms with Gasteiger partial charge in [-0.25, -0.2) is 4.98 Å². The maximum Gasteiger partial charge on any atom is 0.237 e. The zero-order valence-electron chi connectivity index (χ0n) is 14.3. The van der Waals surface area contributed by atoms with Crippen LogP contribution in [0.5, 0.6) is 0 Å². The number of nitrogens with one attached hydrogen (secondary N) is 2. The molecule has 0 unspecified atom stereocenters. The van der Waals surface area contributed by atoms with Crippen LogP contribution < -0.4 is 5.32 Å². The highest BCUT2D eigenvalue weighted by atomic mass is 32.2. The quantitative estimate of drug-likeness (QED) is 0.533. The molecule has 1 heterocycles. The van der Waals surface area contributed by atoms with Crippen LogP contribution in [-0.4, -0.2) is 26.9 Å². The fraction of sp³-hybridized carbons (Fsp3) is 0.211. The first-order valence-electron chi connectivity index (χ1n) is 7.97. The molecule has 3 aromatic rings. The van der Waals surface area contributed by atoms with Gasteiger partial charge in [-0.3, -0.25) is 9.59 Å². The van der Waals surface area contributed by atoms with Crippen LogP contribution in [0.25, 0.3) is 11.0 Å². The second kappa shape index (κ2) is 7.11. The fourth-order valence-corrected chi connectivity index (χ4v) is 3.23. The van der Waals surface area contributed by atoms with E-state index >= 15 is 0 Å². The van der Waals surface area contributed by atoms with Crippen LogP contribution in [0.3, 0.4) is 0 Å². The fourth-order valence-electron chi connectivity index (χ4n) is 2.41. The van der Waals surface area contributed by atoms with E-state index in [-0.39, 0.29) is 16.9 Å². The van der Waals surface area contributed by atoms with Crippen LogP contribution in [0, 0.1) is 6.92 Å². The third kappa shape index (κ3) is 4.09. The summed E-state index contributed by atoms with van der Waals surface area (Å²) in [4.78, 5) is 31.4. The maximum atomic E-state index is 12.4. The van der Waals surface area contributed by atoms with Gasteiger partial charge in [-0.2, -0.15) is 0 Å². The van der Waals surface area contributed by atoms with Crippen molar-refractivity contribution in [3.05, 3.63) is 53.6 Å². The summed E-state index contributed by atoms with van der Waals surface area (Å²) in [5.74, 6) is -0.112. The molecule has 0 fully saturated rings. The van der Waals surface area contributed by atoms with Gasteiger partial charge >= 0.3 is 0 Å². The van der Waals surface area contributed by atoms with Gasteiger partial charge in [0.1, 0.15) is 0 Å². The number of nitrogens with zero attached hydrogens (tertiary/aromatic N) is 1. The van der Waals surface area contributed by atoms with E-state index in [1.165, 1.54) is 18.7 Å². The van der Waals surface area contributed by atoms with Crippen LogP contribution in [0.4, 0.5) is 5.69 Å². The number of imidazole rings is 1. The third-order valence-corrected chi connectivity index (χ3v) is 4.82. The highest BCUT2D eigenvalue weighted by molar-refractivity contribution is 8.00. The normalized spacial score (nSPS) is 12.1. The predicted octanol–water partition coefficient (Wildman–Crippen LogP) is 4.19. The molecule has 0 radical (unpaired) electrons. The first-order valence-corrected chi connectivity index (χ1v) is 8.85. The molecule has 0 saturated carbocycles. The number of hydrogen-bond donors (Lipinski definition) is 2. The Kier molecular flexibility index (Phi) is 4.90. The number of Topliss-reactive ketones (excluding diaryl/α,β-unsaturated/α-hetero) is 1. The highest BCUT2D eigenvalue weighted by Gasteiger charge is 2.17. The summed E-state index contributed by atoms with van der Waals surface area (Å²) in [5, 5.41) is 3.26. The van der Waals surface area contributed by atoms with Gasteiger partial charge < -0.3 is 10.3 Å². The van der Waals surface area contributed by atoms with E-state index in [1.54, 1.807) is 24.3 Å². The van der Waals surface area contributed by atoms with E-state index in [9.17, 15) is 9.59 Å². The molecule has 3 rings (SSSR count). The minimum atomic E-state index is -0.311. The zero-order chi connectivity index (χ0) is 18.0. The number of hydrogen-bond acceptors (Lipinski definition) is 4. The van der Waals surface area contributed by atoms with Gasteiger partial charge in [0, 0.05) is 11.3 Å². The first kappa shape index (κ1) is 17.2. The van der Waals surface area contributed by atoms with Crippen LogP contribution in [-0.2, 0) is 4.79 Å². The van der Waals surface area contributed by atoms with Gasteiger partial charge in [-0.1, -0.05) is 17.8 Å². The number of amides is 1. The maximum absolute atomic E-state index is 12.4. The number of ketones is 1. The van der Waals surface area contributed by atoms with E-state index < -0.39 is 0 Å². The van der Waals surface area contributed by atoms with Crippen molar-refractivity contribution in [2.75, 3.05) is 5.32 Å². The van der Waals surface area contributed by atoms with Gasteiger partial charge in [0.05, 0.1) is 16.3 Å². The topological polar surface area (TPSA) is 74.8 Å². The number of aromatic nitrogens is 2.